The van der Waals surface area contributed by atoms with Crippen molar-refractivity contribution in [3.63, 3.8) is 0 Å². The molecule has 0 radical (unpaired) electrons. The van der Waals surface area contributed by atoms with Gasteiger partial charge in [-0.2, -0.15) is 19.6 Å². The molecular weight excluding hydrogens is 360 g/mol. The molecule has 2 heterocycles. The largest absolute Gasteiger partial charge is 0.354 e. The molecule has 27 heavy (non-hydrogen) atoms. The van der Waals surface area contributed by atoms with E-state index in [1.807, 2.05) is 25.1 Å². The van der Waals surface area contributed by atoms with Crippen molar-refractivity contribution in [1.29, 1.82) is 0 Å². The molecule has 0 fully saturated rings. The zero-order valence-electron chi connectivity index (χ0n) is 16.0. The van der Waals surface area contributed by atoms with Crippen molar-refractivity contribution in [2.24, 2.45) is 0 Å². The average Bonchev–Trinajstić information content (AvgIpc) is 3.09. The molecule has 0 aliphatic rings. The Morgan fingerprint density at radius 2 is 1.78 bits per heavy atom. The first kappa shape index (κ1) is 19.1. The molecule has 0 amide bonds. The van der Waals surface area contributed by atoms with E-state index in [4.69, 9.17) is 0 Å². The van der Waals surface area contributed by atoms with Crippen LogP contribution in [0.15, 0.2) is 41.8 Å². The lowest BCUT2D eigenvalue weighted by atomic mass is 10.1. The molecule has 0 aliphatic heterocycles. The molecule has 2 N–H and O–H groups in total. The Kier molecular flexibility index (Phi) is 5.90. The lowest BCUT2D eigenvalue weighted by Gasteiger charge is -2.20. The normalized spacial score (nSPS) is 11.4. The third kappa shape index (κ3) is 5.65. The van der Waals surface area contributed by atoms with Gasteiger partial charge < -0.3 is 10.6 Å². The fourth-order valence-electron chi connectivity index (χ4n) is 2.23. The highest BCUT2D eigenvalue weighted by atomic mass is 32.2. The van der Waals surface area contributed by atoms with E-state index >= 15 is 0 Å². The smallest absolute Gasteiger partial charge is 0.258 e. The average molecular weight is 385 g/mol. The first-order valence-electron chi connectivity index (χ1n) is 8.80. The van der Waals surface area contributed by atoms with Crippen molar-refractivity contribution >= 4 is 23.7 Å². The summed E-state index contributed by atoms with van der Waals surface area (Å²) in [4.78, 5) is 17.7. The molecule has 3 aromatic rings. The Balaban J connectivity index is 1.79. The van der Waals surface area contributed by atoms with Crippen LogP contribution >= 0.6 is 11.8 Å². The van der Waals surface area contributed by atoms with Crippen LogP contribution in [0, 0.1) is 0 Å². The van der Waals surface area contributed by atoms with Gasteiger partial charge in [0, 0.05) is 17.8 Å². The Bertz CT molecular complexity index is 873. The van der Waals surface area contributed by atoms with Crippen molar-refractivity contribution in [2.75, 3.05) is 17.2 Å². The van der Waals surface area contributed by atoms with Crippen LogP contribution in [-0.2, 0) is 5.75 Å². The summed E-state index contributed by atoms with van der Waals surface area (Å²) in [7, 11) is 0. The van der Waals surface area contributed by atoms with Gasteiger partial charge in [-0.15, -0.1) is 5.10 Å². The fraction of sp³-hybridized carbons (Fsp3) is 0.389. The quantitative estimate of drug-likeness (QED) is 0.599. The highest BCUT2D eigenvalue weighted by Crippen LogP contribution is 2.19. The van der Waals surface area contributed by atoms with E-state index in [-0.39, 0.29) is 5.54 Å². The zero-order chi connectivity index (χ0) is 19.3. The van der Waals surface area contributed by atoms with Crippen LogP contribution < -0.4 is 10.6 Å². The maximum absolute atomic E-state index is 4.49. The van der Waals surface area contributed by atoms with Gasteiger partial charge in [0.15, 0.2) is 0 Å². The number of hydrogen-bond acceptors (Lipinski definition) is 8. The molecule has 0 spiro atoms. The minimum atomic E-state index is -0.166. The molecule has 142 valence electrons. The van der Waals surface area contributed by atoms with Gasteiger partial charge >= 0.3 is 0 Å². The summed E-state index contributed by atoms with van der Waals surface area (Å²) in [6, 6.07) is 10.2. The lowest BCUT2D eigenvalue weighted by Crippen LogP contribution is -2.28. The molecular formula is C18H24N8S. The second-order valence-corrected chi connectivity index (χ2v) is 7.88. The van der Waals surface area contributed by atoms with Crippen molar-refractivity contribution in [3.8, 4) is 5.95 Å². The molecule has 1 aromatic carbocycles. The third-order valence-corrected chi connectivity index (χ3v) is 4.25. The molecule has 0 saturated carbocycles. The van der Waals surface area contributed by atoms with E-state index in [9.17, 15) is 0 Å². The Morgan fingerprint density at radius 1 is 1.04 bits per heavy atom. The van der Waals surface area contributed by atoms with E-state index in [1.165, 1.54) is 5.56 Å². The molecule has 2 aromatic heterocycles. The third-order valence-electron chi connectivity index (χ3n) is 3.33. The molecule has 0 saturated heterocycles. The summed E-state index contributed by atoms with van der Waals surface area (Å²) in [5, 5.41) is 11.6. The van der Waals surface area contributed by atoms with Crippen LogP contribution in [-0.4, -0.2) is 41.8 Å². The maximum Gasteiger partial charge on any atom is 0.258 e. The van der Waals surface area contributed by atoms with E-state index in [2.05, 4.69) is 68.6 Å². The summed E-state index contributed by atoms with van der Waals surface area (Å²) in [6.07, 6.45) is 1.62. The first-order chi connectivity index (χ1) is 12.9. The van der Waals surface area contributed by atoms with Crippen LogP contribution in [0.4, 0.5) is 11.9 Å². The van der Waals surface area contributed by atoms with Crippen molar-refractivity contribution in [1.82, 2.24) is 29.7 Å². The summed E-state index contributed by atoms with van der Waals surface area (Å²) in [6.45, 7) is 8.87. The van der Waals surface area contributed by atoms with Gasteiger partial charge in [-0.1, -0.05) is 42.1 Å². The van der Waals surface area contributed by atoms with Gasteiger partial charge in [0.25, 0.3) is 5.95 Å². The van der Waals surface area contributed by atoms with Crippen LogP contribution in [0.2, 0.25) is 0 Å². The molecule has 9 heteroatoms. The molecule has 0 unspecified atom stereocenters. The monoisotopic (exact) mass is 384 g/mol. The minimum Gasteiger partial charge on any atom is -0.354 e. The summed E-state index contributed by atoms with van der Waals surface area (Å²) >= 11 is 1.57. The fourth-order valence-corrected chi connectivity index (χ4v) is 2.98. The minimum absolute atomic E-state index is 0.166. The number of anilines is 2. The highest BCUT2D eigenvalue weighted by molar-refractivity contribution is 7.98. The predicted octanol–water partition coefficient (Wildman–Crippen LogP) is 3.39. The second kappa shape index (κ2) is 8.34. The number of aromatic nitrogens is 6. The second-order valence-electron chi connectivity index (χ2n) is 6.93. The molecule has 8 nitrogen and oxygen atoms in total. The number of hydrogen-bond donors (Lipinski definition) is 2. The number of rotatable bonds is 7. The maximum atomic E-state index is 4.49. The van der Waals surface area contributed by atoms with E-state index in [0.717, 1.165) is 5.75 Å². The summed E-state index contributed by atoms with van der Waals surface area (Å²) in [5.74, 6) is 2.23. The number of nitrogens with zero attached hydrogens (tertiary/aromatic N) is 6. The van der Waals surface area contributed by atoms with Gasteiger partial charge in [0.05, 0.1) is 0 Å². The van der Waals surface area contributed by atoms with Gasteiger partial charge in [-0.05, 0) is 33.3 Å². The lowest BCUT2D eigenvalue weighted by molar-refractivity contribution is 0.623. The van der Waals surface area contributed by atoms with Gasteiger partial charge in [0.1, 0.15) is 6.33 Å². The van der Waals surface area contributed by atoms with Crippen LogP contribution in [0.25, 0.3) is 5.95 Å². The van der Waals surface area contributed by atoms with Crippen LogP contribution in [0.1, 0.15) is 33.3 Å². The molecule has 3 rings (SSSR count). The van der Waals surface area contributed by atoms with Crippen LogP contribution in [0.5, 0.6) is 0 Å². The van der Waals surface area contributed by atoms with E-state index in [0.29, 0.717) is 29.5 Å². The highest BCUT2D eigenvalue weighted by Gasteiger charge is 2.15. The molecule has 0 bridgehead atoms. The van der Waals surface area contributed by atoms with Gasteiger partial charge in [-0.3, -0.25) is 0 Å². The molecule has 0 aliphatic carbocycles. The van der Waals surface area contributed by atoms with Gasteiger partial charge in [-0.25, -0.2) is 4.98 Å². The molecule has 0 atom stereocenters. The summed E-state index contributed by atoms with van der Waals surface area (Å²) < 4.78 is 1.57. The van der Waals surface area contributed by atoms with Crippen molar-refractivity contribution in [3.05, 3.63) is 42.2 Å². The number of thioether (sulfide) groups is 1. The van der Waals surface area contributed by atoms with E-state index in [1.54, 1.807) is 22.8 Å². The van der Waals surface area contributed by atoms with Crippen LogP contribution in [0.3, 0.4) is 0 Å². The van der Waals surface area contributed by atoms with Gasteiger partial charge in [0.2, 0.25) is 17.1 Å². The topological polar surface area (TPSA) is 93.4 Å². The van der Waals surface area contributed by atoms with E-state index < -0.39 is 0 Å². The van der Waals surface area contributed by atoms with Crippen molar-refractivity contribution in [2.45, 2.75) is 44.1 Å². The van der Waals surface area contributed by atoms with Crippen molar-refractivity contribution < 1.29 is 0 Å². The summed E-state index contributed by atoms with van der Waals surface area (Å²) in [5.41, 5.74) is 1.06. The predicted molar refractivity (Wildman–Crippen MR) is 108 cm³/mol. The standard InChI is InChI=1S/C18H24N8S/c1-5-19-14-21-15(24-18(2,3)4)23-16(22-14)26-12-20-17(25-26)27-11-13-9-7-6-8-10-13/h6-10,12H,5,11H2,1-4H3,(H2,19,21,22,23,24). The first-order valence-corrected chi connectivity index (χ1v) is 9.78. The number of benzene rings is 1. The Morgan fingerprint density at radius 3 is 2.48 bits per heavy atom. The Labute approximate surface area is 163 Å². The SMILES string of the molecule is CCNc1nc(NC(C)(C)C)nc(-n2cnc(SCc3ccccc3)n2)n1. The Hall–Kier alpha value is -2.68. The zero-order valence-corrected chi connectivity index (χ0v) is 16.8. The number of nitrogens with one attached hydrogen (secondary N) is 2.